The van der Waals surface area contributed by atoms with E-state index in [-0.39, 0.29) is 11.2 Å². The second-order valence-corrected chi connectivity index (χ2v) is 5.99. The van der Waals surface area contributed by atoms with Gasteiger partial charge in [-0.05, 0) is 18.6 Å². The number of aromatic nitrogens is 4. The van der Waals surface area contributed by atoms with Gasteiger partial charge < -0.3 is 0 Å². The number of rotatable bonds is 2. The van der Waals surface area contributed by atoms with Gasteiger partial charge in [0.25, 0.3) is 5.56 Å². The third-order valence-electron chi connectivity index (χ3n) is 3.87. The topological polar surface area (TPSA) is 84.8 Å². The van der Waals surface area contributed by atoms with Crippen LogP contribution >= 0.6 is 0 Å². The van der Waals surface area contributed by atoms with Gasteiger partial charge >= 0.3 is 5.69 Å². The van der Waals surface area contributed by atoms with Crippen molar-refractivity contribution in [3.05, 3.63) is 38.5 Å². The van der Waals surface area contributed by atoms with Crippen molar-refractivity contribution in [3.8, 4) is 0 Å². The van der Waals surface area contributed by atoms with E-state index >= 15 is 0 Å². The predicted molar refractivity (Wildman–Crippen MR) is 94.1 cm³/mol. The number of nitrogens with zero attached hydrogens (tertiary/aromatic N) is 5. The zero-order valence-electron chi connectivity index (χ0n) is 14.3. The summed E-state index contributed by atoms with van der Waals surface area (Å²) in [5, 5.41) is 3.20. The molecule has 0 bridgehead atoms. The van der Waals surface area contributed by atoms with E-state index in [9.17, 15) is 9.59 Å². The Hall–Kier alpha value is -3.03. The van der Waals surface area contributed by atoms with Crippen LogP contribution < -0.4 is 16.6 Å². The molecule has 2 heterocycles. The Balaban J connectivity index is 2.36. The van der Waals surface area contributed by atoms with Crippen LogP contribution in [0.5, 0.6) is 0 Å². The van der Waals surface area contributed by atoms with E-state index in [1.165, 1.54) is 11.6 Å². The molecule has 2 aromatic heterocycles. The number of fused-ring (bicyclic) bond motifs is 2. The maximum Gasteiger partial charge on any atom is 0.332 e. The van der Waals surface area contributed by atoms with E-state index in [0.717, 1.165) is 15.8 Å². The van der Waals surface area contributed by atoms with Crippen LogP contribution in [-0.4, -0.2) is 44.1 Å². The maximum atomic E-state index is 12.3. The van der Waals surface area contributed by atoms with Crippen LogP contribution in [0.3, 0.4) is 0 Å². The number of nitrogens with one attached hydrogen (secondary N) is 1. The summed E-state index contributed by atoms with van der Waals surface area (Å²) < 4.78 is 4.27. The average molecular weight is 327 g/mol. The lowest BCUT2D eigenvalue weighted by Crippen LogP contribution is -2.37. The highest BCUT2D eigenvalue weighted by Crippen LogP contribution is 2.21. The Kier molecular flexibility index (Phi) is 3.67. The Morgan fingerprint density at radius 1 is 1.08 bits per heavy atom. The molecule has 0 atom stereocenters. The number of hydrogen-bond donors (Lipinski definition) is 1. The minimum Gasteiger partial charge on any atom is -0.279 e. The minimum absolute atomic E-state index is 0.187. The number of anilines is 1. The average Bonchev–Trinajstić information content (AvgIpc) is 2.55. The second-order valence-electron chi connectivity index (χ2n) is 5.99. The zero-order valence-corrected chi connectivity index (χ0v) is 14.3. The van der Waals surface area contributed by atoms with Crippen molar-refractivity contribution in [2.24, 2.45) is 14.1 Å². The van der Waals surface area contributed by atoms with Crippen LogP contribution in [0.1, 0.15) is 5.56 Å². The van der Waals surface area contributed by atoms with Gasteiger partial charge in [0.2, 0.25) is 6.34 Å². The maximum absolute atomic E-state index is 12.3. The summed E-state index contributed by atoms with van der Waals surface area (Å²) in [4.78, 5) is 33.3. The van der Waals surface area contributed by atoms with Gasteiger partial charge in [0, 0.05) is 20.2 Å². The molecule has 1 N–H and O–H groups in total. The molecular formula is C16H19N6O2+. The Morgan fingerprint density at radius 3 is 2.42 bits per heavy atom. The van der Waals surface area contributed by atoms with Crippen molar-refractivity contribution < 1.29 is 4.58 Å². The fourth-order valence-electron chi connectivity index (χ4n) is 2.49. The van der Waals surface area contributed by atoms with Crippen molar-refractivity contribution in [2.75, 3.05) is 19.4 Å². The molecule has 0 fully saturated rings. The van der Waals surface area contributed by atoms with E-state index < -0.39 is 11.2 Å². The highest BCUT2D eigenvalue weighted by Gasteiger charge is 2.14. The molecule has 8 nitrogen and oxygen atoms in total. The first-order valence-corrected chi connectivity index (χ1v) is 7.44. The normalized spacial score (nSPS) is 11.0. The molecule has 0 amide bonds. The van der Waals surface area contributed by atoms with E-state index in [1.54, 1.807) is 7.05 Å². The van der Waals surface area contributed by atoms with Crippen LogP contribution in [0.2, 0.25) is 0 Å². The molecule has 0 aliphatic carbocycles. The molecule has 124 valence electrons. The highest BCUT2D eigenvalue weighted by molar-refractivity contribution is 5.89. The van der Waals surface area contributed by atoms with Gasteiger partial charge in [-0.3, -0.25) is 18.5 Å². The van der Waals surface area contributed by atoms with Crippen LogP contribution in [-0.2, 0) is 14.1 Å². The van der Waals surface area contributed by atoms with Gasteiger partial charge in [0.15, 0.2) is 11.2 Å². The first kappa shape index (κ1) is 15.9. The lowest BCUT2D eigenvalue weighted by molar-refractivity contribution is -0.459. The van der Waals surface area contributed by atoms with E-state index in [2.05, 4.69) is 15.3 Å². The quantitative estimate of drug-likeness (QED) is 0.315. The molecule has 1 aromatic carbocycles. The molecule has 0 aliphatic rings. The lowest BCUT2D eigenvalue weighted by Gasteiger charge is -2.08. The van der Waals surface area contributed by atoms with Crippen molar-refractivity contribution in [1.29, 1.82) is 0 Å². The molecule has 0 spiro atoms. The summed E-state index contributed by atoms with van der Waals surface area (Å²) in [6.07, 6.45) is 1.83. The molecule has 0 unspecified atom stereocenters. The van der Waals surface area contributed by atoms with Gasteiger partial charge in [-0.15, -0.1) is 0 Å². The Bertz CT molecular complexity index is 1120. The van der Waals surface area contributed by atoms with Gasteiger partial charge in [-0.25, -0.2) is 20.1 Å². The van der Waals surface area contributed by atoms with E-state index in [4.69, 9.17) is 0 Å². The van der Waals surface area contributed by atoms with Gasteiger partial charge in [0.1, 0.15) is 5.69 Å². The monoisotopic (exact) mass is 327 g/mol. The zero-order chi connectivity index (χ0) is 17.6. The first-order valence-electron chi connectivity index (χ1n) is 7.44. The van der Waals surface area contributed by atoms with Crippen molar-refractivity contribution >= 4 is 34.2 Å². The number of benzene rings is 1. The predicted octanol–water partition coefficient (Wildman–Crippen LogP) is 0.201. The van der Waals surface area contributed by atoms with Gasteiger partial charge in [-0.1, -0.05) is 0 Å². The smallest absolute Gasteiger partial charge is 0.279 e. The Morgan fingerprint density at radius 2 is 1.75 bits per heavy atom. The molecule has 0 aliphatic heterocycles. The summed E-state index contributed by atoms with van der Waals surface area (Å²) in [5.41, 5.74) is 2.71. The lowest BCUT2D eigenvalue weighted by atomic mass is 10.1. The summed E-state index contributed by atoms with van der Waals surface area (Å²) in [7, 11) is 6.85. The molecule has 8 heteroatoms. The van der Waals surface area contributed by atoms with Crippen LogP contribution in [0.15, 0.2) is 21.7 Å². The van der Waals surface area contributed by atoms with Crippen molar-refractivity contribution in [1.82, 2.24) is 19.1 Å². The number of aryl methyl sites for hydroxylation is 2. The third-order valence-corrected chi connectivity index (χ3v) is 3.87. The SMILES string of the molecule is Cc1cc2nc3c(=O)n(C)c(=O)n(C)c3nc2cc1NC=[N+](C)C. The second kappa shape index (κ2) is 5.55. The molecule has 0 radical (unpaired) electrons. The van der Waals surface area contributed by atoms with Crippen LogP contribution in [0.25, 0.3) is 22.2 Å². The molecular weight excluding hydrogens is 308 g/mol. The highest BCUT2D eigenvalue weighted by atomic mass is 16.2. The summed E-state index contributed by atoms with van der Waals surface area (Å²) in [6, 6.07) is 3.73. The van der Waals surface area contributed by atoms with Crippen LogP contribution in [0, 0.1) is 6.92 Å². The first-order chi connectivity index (χ1) is 11.3. The molecule has 3 aromatic rings. The van der Waals surface area contributed by atoms with Crippen molar-refractivity contribution in [2.45, 2.75) is 6.92 Å². The van der Waals surface area contributed by atoms with E-state index in [0.29, 0.717) is 11.0 Å². The fraction of sp³-hybridized carbons (Fsp3) is 0.312. The third kappa shape index (κ3) is 2.45. The minimum atomic E-state index is -0.441. The largest absolute Gasteiger partial charge is 0.332 e. The summed E-state index contributed by atoms with van der Waals surface area (Å²) in [6.45, 7) is 1.95. The molecule has 0 saturated carbocycles. The van der Waals surface area contributed by atoms with Gasteiger partial charge in [-0.2, -0.15) is 0 Å². The molecule has 24 heavy (non-hydrogen) atoms. The fourth-order valence-corrected chi connectivity index (χ4v) is 2.49. The number of hydrogen-bond acceptors (Lipinski definition) is 4. The standard InChI is InChI=1S/C16H18N6O2/c1-9-6-11-12(7-10(9)17-8-20(2)3)19-14-13(18-11)15(23)22(5)16(24)21(14)4/h6-8H,1-5H3/p+1. The molecule has 3 rings (SSSR count). The molecule has 0 saturated heterocycles. The van der Waals surface area contributed by atoms with Crippen LogP contribution in [0.4, 0.5) is 5.69 Å². The van der Waals surface area contributed by atoms with Crippen molar-refractivity contribution in [3.63, 3.8) is 0 Å². The van der Waals surface area contributed by atoms with E-state index in [1.807, 2.05) is 44.1 Å². The van der Waals surface area contributed by atoms with Gasteiger partial charge in [0.05, 0.1) is 25.1 Å². The summed E-state index contributed by atoms with van der Waals surface area (Å²) in [5.74, 6) is 0. The summed E-state index contributed by atoms with van der Waals surface area (Å²) >= 11 is 0. The Labute approximate surface area is 137 Å².